The van der Waals surface area contributed by atoms with Crippen molar-refractivity contribution in [1.82, 2.24) is 15.0 Å². The Balaban J connectivity index is 2.34. The van der Waals surface area contributed by atoms with Crippen LogP contribution in [0.5, 0.6) is 5.75 Å². The average Bonchev–Trinajstić information content (AvgIpc) is 2.88. The molecule has 0 aliphatic heterocycles. The third-order valence-corrected chi connectivity index (χ3v) is 2.41. The quantitative estimate of drug-likeness (QED) is 0.814. The zero-order valence-corrected chi connectivity index (χ0v) is 10.4. The lowest BCUT2D eigenvalue weighted by atomic mass is 10.3. The molecule has 7 nitrogen and oxygen atoms in total. The van der Waals surface area contributed by atoms with Crippen LogP contribution in [-0.4, -0.2) is 40.4 Å². The summed E-state index contributed by atoms with van der Waals surface area (Å²) in [6, 6.07) is 9.14. The second kappa shape index (κ2) is 5.84. The van der Waals surface area contributed by atoms with Gasteiger partial charge in [0.15, 0.2) is 5.82 Å². The minimum absolute atomic E-state index is 0.0448. The van der Waals surface area contributed by atoms with Gasteiger partial charge in [-0.1, -0.05) is 6.07 Å². The van der Waals surface area contributed by atoms with Gasteiger partial charge in [0.2, 0.25) is 5.69 Å². The van der Waals surface area contributed by atoms with E-state index in [-0.39, 0.29) is 12.3 Å². The first-order valence-electron chi connectivity index (χ1n) is 5.65. The van der Waals surface area contributed by atoms with Crippen molar-refractivity contribution in [3.05, 3.63) is 30.0 Å². The van der Waals surface area contributed by atoms with Gasteiger partial charge in [0.25, 0.3) is 0 Å². The number of aliphatic hydroxyl groups excluding tert-OH is 1. The Kier molecular flexibility index (Phi) is 3.95. The summed E-state index contributed by atoms with van der Waals surface area (Å²) in [6.07, 6.45) is 0. The van der Waals surface area contributed by atoms with Gasteiger partial charge in [0.1, 0.15) is 11.8 Å². The smallest absolute Gasteiger partial charge is 0.207 e. The molecule has 2 N–H and O–H groups in total. The Morgan fingerprint density at radius 3 is 3.00 bits per heavy atom. The van der Waals surface area contributed by atoms with E-state index in [4.69, 9.17) is 15.1 Å². The van der Waals surface area contributed by atoms with Crippen LogP contribution < -0.4 is 10.1 Å². The van der Waals surface area contributed by atoms with Gasteiger partial charge < -0.3 is 15.2 Å². The van der Waals surface area contributed by atoms with E-state index in [0.717, 1.165) is 0 Å². The summed E-state index contributed by atoms with van der Waals surface area (Å²) in [4.78, 5) is 1.35. The number of methoxy groups -OCH3 is 1. The zero-order valence-electron chi connectivity index (χ0n) is 10.4. The molecule has 0 atom stereocenters. The van der Waals surface area contributed by atoms with Crippen molar-refractivity contribution >= 4 is 5.82 Å². The Morgan fingerprint density at radius 1 is 1.47 bits per heavy atom. The molecule has 2 rings (SSSR count). The van der Waals surface area contributed by atoms with Gasteiger partial charge >= 0.3 is 0 Å². The van der Waals surface area contributed by atoms with E-state index >= 15 is 0 Å². The Morgan fingerprint density at radius 2 is 2.32 bits per heavy atom. The fourth-order valence-electron chi connectivity index (χ4n) is 1.53. The van der Waals surface area contributed by atoms with Crippen molar-refractivity contribution in [3.63, 3.8) is 0 Å². The normalized spacial score (nSPS) is 9.95. The largest absolute Gasteiger partial charge is 0.497 e. The molecule has 1 heterocycles. The predicted octanol–water partition coefficient (Wildman–Crippen LogP) is 0.552. The molecule has 1 aromatic carbocycles. The molecule has 1 aromatic heterocycles. The van der Waals surface area contributed by atoms with Gasteiger partial charge in [0, 0.05) is 12.6 Å². The fourth-order valence-corrected chi connectivity index (χ4v) is 1.53. The number of nitriles is 1. The highest BCUT2D eigenvalue weighted by Crippen LogP contribution is 2.17. The summed E-state index contributed by atoms with van der Waals surface area (Å²) in [5.74, 6) is 1.03. The van der Waals surface area contributed by atoms with Crippen molar-refractivity contribution in [2.24, 2.45) is 0 Å². The number of rotatable bonds is 5. The summed E-state index contributed by atoms with van der Waals surface area (Å²) in [7, 11) is 1.57. The van der Waals surface area contributed by atoms with E-state index < -0.39 is 0 Å². The monoisotopic (exact) mass is 259 g/mol. The van der Waals surface area contributed by atoms with Crippen molar-refractivity contribution < 1.29 is 9.84 Å². The highest BCUT2D eigenvalue weighted by molar-refractivity contribution is 5.48. The molecular weight excluding hydrogens is 246 g/mol. The van der Waals surface area contributed by atoms with Crippen LogP contribution in [0.3, 0.4) is 0 Å². The third-order valence-electron chi connectivity index (χ3n) is 2.41. The van der Waals surface area contributed by atoms with Crippen molar-refractivity contribution in [3.8, 4) is 17.5 Å². The van der Waals surface area contributed by atoms with Gasteiger partial charge in [-0.15, -0.1) is 15.0 Å². The number of benzene rings is 1. The Labute approximate surface area is 110 Å². The van der Waals surface area contributed by atoms with Gasteiger partial charge in [0.05, 0.1) is 19.4 Å². The number of hydrogen-bond acceptors (Lipinski definition) is 6. The summed E-state index contributed by atoms with van der Waals surface area (Å²) < 4.78 is 5.12. The first kappa shape index (κ1) is 12.9. The molecule has 2 aromatic rings. The van der Waals surface area contributed by atoms with Gasteiger partial charge in [-0.25, -0.2) is 0 Å². The number of nitrogens with zero attached hydrogens (tertiary/aromatic N) is 4. The molecule has 0 bridgehead atoms. The molecule has 0 amide bonds. The maximum atomic E-state index is 8.99. The van der Waals surface area contributed by atoms with Crippen LogP contribution in [0.25, 0.3) is 5.69 Å². The predicted molar refractivity (Wildman–Crippen MR) is 68.2 cm³/mol. The van der Waals surface area contributed by atoms with E-state index in [1.807, 2.05) is 18.2 Å². The zero-order chi connectivity index (χ0) is 13.7. The molecular formula is C12H13N5O2. The van der Waals surface area contributed by atoms with Gasteiger partial charge in [-0.2, -0.15) is 5.26 Å². The molecule has 0 aliphatic carbocycles. The summed E-state index contributed by atoms with van der Waals surface area (Å²) >= 11 is 0. The number of aromatic nitrogens is 3. The molecule has 19 heavy (non-hydrogen) atoms. The van der Waals surface area contributed by atoms with E-state index in [1.54, 1.807) is 19.2 Å². The topological polar surface area (TPSA) is 96.0 Å². The molecule has 0 saturated heterocycles. The number of hydrogen-bond donors (Lipinski definition) is 2. The van der Waals surface area contributed by atoms with Crippen LogP contribution in [0, 0.1) is 11.3 Å². The maximum absolute atomic E-state index is 8.99. The first-order valence-corrected chi connectivity index (χ1v) is 5.65. The minimum Gasteiger partial charge on any atom is -0.497 e. The highest BCUT2D eigenvalue weighted by Gasteiger charge is 2.11. The minimum atomic E-state index is -0.0448. The molecule has 98 valence electrons. The molecule has 0 radical (unpaired) electrons. The van der Waals surface area contributed by atoms with Crippen LogP contribution in [0.4, 0.5) is 5.82 Å². The Hall–Kier alpha value is -2.59. The number of anilines is 1. The molecule has 0 spiro atoms. The first-order chi connectivity index (χ1) is 9.28. The highest BCUT2D eigenvalue weighted by atomic mass is 16.5. The SMILES string of the molecule is COc1cccc(-n2nc(C#N)c(NCCO)n2)c1. The van der Waals surface area contributed by atoms with Crippen molar-refractivity contribution in [1.29, 1.82) is 5.26 Å². The number of ether oxygens (including phenoxy) is 1. The van der Waals surface area contributed by atoms with Crippen LogP contribution in [0.1, 0.15) is 5.69 Å². The number of aliphatic hydroxyl groups is 1. The standard InChI is InChI=1S/C12H13N5O2/c1-19-10-4-2-3-9(7-10)17-15-11(8-13)12(16-17)14-5-6-18/h2-4,7,18H,5-6H2,1H3,(H,14,16). The Bertz CT molecular complexity index is 602. The van der Waals surface area contributed by atoms with Crippen LogP contribution >= 0.6 is 0 Å². The fraction of sp³-hybridized carbons (Fsp3) is 0.250. The van der Waals surface area contributed by atoms with E-state index in [0.29, 0.717) is 23.8 Å². The lowest BCUT2D eigenvalue weighted by molar-refractivity contribution is 0.311. The summed E-state index contributed by atoms with van der Waals surface area (Å²) in [6.45, 7) is 0.266. The van der Waals surface area contributed by atoms with E-state index in [9.17, 15) is 0 Å². The second-order valence-electron chi connectivity index (χ2n) is 3.65. The summed E-state index contributed by atoms with van der Waals surface area (Å²) in [5, 5.41) is 28.8. The van der Waals surface area contributed by atoms with Crippen molar-refractivity contribution in [2.45, 2.75) is 0 Å². The van der Waals surface area contributed by atoms with Gasteiger partial charge in [-0.05, 0) is 12.1 Å². The molecule has 0 unspecified atom stereocenters. The molecule has 7 heteroatoms. The lowest BCUT2D eigenvalue weighted by Crippen LogP contribution is -2.07. The number of nitrogens with one attached hydrogen (secondary N) is 1. The third kappa shape index (κ3) is 2.81. The van der Waals surface area contributed by atoms with E-state index in [1.165, 1.54) is 4.80 Å². The van der Waals surface area contributed by atoms with Crippen LogP contribution in [0.2, 0.25) is 0 Å². The maximum Gasteiger partial charge on any atom is 0.207 e. The van der Waals surface area contributed by atoms with Crippen molar-refractivity contribution in [2.75, 3.05) is 25.6 Å². The van der Waals surface area contributed by atoms with E-state index in [2.05, 4.69) is 15.5 Å². The molecule has 0 aliphatic rings. The lowest BCUT2D eigenvalue weighted by Gasteiger charge is -2.02. The van der Waals surface area contributed by atoms with Crippen LogP contribution in [-0.2, 0) is 0 Å². The summed E-state index contributed by atoms with van der Waals surface area (Å²) in [5.41, 5.74) is 0.865. The average molecular weight is 259 g/mol. The molecule has 0 fully saturated rings. The molecule has 0 saturated carbocycles. The van der Waals surface area contributed by atoms with Crippen LogP contribution in [0.15, 0.2) is 24.3 Å². The second-order valence-corrected chi connectivity index (χ2v) is 3.65. The van der Waals surface area contributed by atoms with Gasteiger partial charge in [-0.3, -0.25) is 0 Å².